The highest BCUT2D eigenvalue weighted by atomic mass is 35.5. The number of halogens is 4. The van der Waals surface area contributed by atoms with Gasteiger partial charge in [0.25, 0.3) is 0 Å². The number of ether oxygens (including phenoxy) is 1. The third-order valence-corrected chi connectivity index (χ3v) is 7.12. The fourth-order valence-electron chi connectivity index (χ4n) is 4.67. The molecule has 0 saturated heterocycles. The highest BCUT2D eigenvalue weighted by molar-refractivity contribution is 6.32. The zero-order valence-electron chi connectivity index (χ0n) is 21.9. The van der Waals surface area contributed by atoms with E-state index in [1.165, 1.54) is 6.07 Å². The molecule has 40 heavy (non-hydrogen) atoms. The lowest BCUT2D eigenvalue weighted by molar-refractivity contribution is -0.137. The Balaban J connectivity index is 1.56. The number of hydrogen-bond donors (Lipinski definition) is 1. The fourth-order valence-corrected chi connectivity index (χ4v) is 4.97. The molecule has 0 bridgehead atoms. The Kier molecular flexibility index (Phi) is 9.91. The van der Waals surface area contributed by atoms with Crippen molar-refractivity contribution >= 4 is 17.4 Å². The van der Waals surface area contributed by atoms with Gasteiger partial charge in [-0.15, -0.1) is 0 Å². The van der Waals surface area contributed by atoms with Crippen LogP contribution in [0.4, 0.5) is 13.2 Å². The number of aliphatic hydroxyl groups is 1. The molecule has 4 aromatic carbocycles. The van der Waals surface area contributed by atoms with Crippen LogP contribution in [0.25, 0.3) is 5.76 Å². The summed E-state index contributed by atoms with van der Waals surface area (Å²) in [5.41, 5.74) is 2.40. The van der Waals surface area contributed by atoms with Crippen LogP contribution in [0.1, 0.15) is 40.2 Å². The summed E-state index contributed by atoms with van der Waals surface area (Å²) < 4.78 is 46.6. The van der Waals surface area contributed by atoms with Gasteiger partial charge in [0.2, 0.25) is 0 Å². The smallest absolute Gasteiger partial charge is 0.417 e. The van der Waals surface area contributed by atoms with E-state index in [0.29, 0.717) is 43.0 Å². The van der Waals surface area contributed by atoms with Crippen molar-refractivity contribution in [3.8, 4) is 5.75 Å². The molecule has 1 N–H and O–H groups in total. The lowest BCUT2D eigenvalue weighted by atomic mass is 9.90. The summed E-state index contributed by atoms with van der Waals surface area (Å²) >= 11 is 6.29. The molecule has 0 amide bonds. The van der Waals surface area contributed by atoms with Crippen molar-refractivity contribution in [2.45, 2.75) is 25.1 Å². The highest BCUT2D eigenvalue weighted by Gasteiger charge is 2.34. The number of hydrogen-bond acceptors (Lipinski definition) is 3. The maximum Gasteiger partial charge on any atom is 0.417 e. The molecule has 0 fully saturated rings. The molecule has 0 saturated carbocycles. The van der Waals surface area contributed by atoms with E-state index in [9.17, 15) is 18.3 Å². The van der Waals surface area contributed by atoms with E-state index in [1.54, 1.807) is 30.3 Å². The molecule has 3 nitrogen and oxygen atoms in total. The Morgan fingerprint density at radius 1 is 0.875 bits per heavy atom. The van der Waals surface area contributed by atoms with Gasteiger partial charge in [-0.3, -0.25) is 4.90 Å². The van der Waals surface area contributed by atoms with Crippen LogP contribution in [0.3, 0.4) is 0 Å². The van der Waals surface area contributed by atoms with Gasteiger partial charge in [-0.25, -0.2) is 0 Å². The second-order valence-electron chi connectivity index (χ2n) is 9.56. The first-order valence-corrected chi connectivity index (χ1v) is 13.4. The van der Waals surface area contributed by atoms with Crippen molar-refractivity contribution in [3.63, 3.8) is 0 Å². The fraction of sp³-hybridized carbons (Fsp3) is 0.212. The van der Waals surface area contributed by atoms with Crippen LogP contribution in [0.15, 0.2) is 110 Å². The quantitative estimate of drug-likeness (QED) is 0.137. The van der Waals surface area contributed by atoms with E-state index in [4.69, 9.17) is 16.3 Å². The summed E-state index contributed by atoms with van der Waals surface area (Å²) in [6.07, 6.45) is -3.91. The molecular weight excluding hydrogens is 535 g/mol. The van der Waals surface area contributed by atoms with Gasteiger partial charge in [0.1, 0.15) is 11.5 Å². The van der Waals surface area contributed by atoms with Crippen LogP contribution in [0, 0.1) is 0 Å². The first kappa shape index (κ1) is 29.2. The van der Waals surface area contributed by atoms with Gasteiger partial charge in [-0.05, 0) is 41.3 Å². The summed E-state index contributed by atoms with van der Waals surface area (Å²) in [4.78, 5) is 2.13. The van der Waals surface area contributed by atoms with E-state index in [-0.39, 0.29) is 23.2 Å². The van der Waals surface area contributed by atoms with Gasteiger partial charge in [-0.1, -0.05) is 103 Å². The van der Waals surface area contributed by atoms with Gasteiger partial charge >= 0.3 is 6.18 Å². The van der Waals surface area contributed by atoms with E-state index in [1.807, 2.05) is 36.4 Å². The van der Waals surface area contributed by atoms with E-state index in [2.05, 4.69) is 35.7 Å². The SMILES string of the molecule is C=C(O)c1cccc(OCCCN(Cc2cccc(C(F)(F)F)c2Cl)CC(c2ccccc2)c2ccccc2)c1. The number of rotatable bonds is 12. The first-order chi connectivity index (χ1) is 19.2. The van der Waals surface area contributed by atoms with Crippen LogP contribution >= 0.6 is 11.6 Å². The number of alkyl halides is 3. The second kappa shape index (κ2) is 13.6. The highest BCUT2D eigenvalue weighted by Crippen LogP contribution is 2.37. The first-order valence-electron chi connectivity index (χ1n) is 13.0. The van der Waals surface area contributed by atoms with Gasteiger partial charge in [0.05, 0.1) is 17.2 Å². The zero-order valence-corrected chi connectivity index (χ0v) is 22.7. The predicted octanol–water partition coefficient (Wildman–Crippen LogP) is 8.99. The molecule has 0 heterocycles. The summed E-state index contributed by atoms with van der Waals surface area (Å²) in [7, 11) is 0. The minimum Gasteiger partial charge on any atom is -0.508 e. The predicted molar refractivity (Wildman–Crippen MR) is 155 cm³/mol. The number of nitrogens with zero attached hydrogens (tertiary/aromatic N) is 1. The largest absolute Gasteiger partial charge is 0.508 e. The van der Waals surface area contributed by atoms with Crippen molar-refractivity contribution in [3.05, 3.63) is 143 Å². The Labute approximate surface area is 238 Å². The summed E-state index contributed by atoms with van der Waals surface area (Å²) in [6.45, 7) is 5.31. The molecular formula is C33H31ClF3NO2. The van der Waals surface area contributed by atoms with Gasteiger partial charge in [0.15, 0.2) is 0 Å². The molecule has 0 spiro atoms. The Bertz CT molecular complexity index is 1350. The topological polar surface area (TPSA) is 32.7 Å². The molecule has 0 unspecified atom stereocenters. The van der Waals surface area contributed by atoms with Crippen LogP contribution in [-0.2, 0) is 12.7 Å². The average molecular weight is 566 g/mol. The second-order valence-corrected chi connectivity index (χ2v) is 9.94. The van der Waals surface area contributed by atoms with Gasteiger partial charge in [0, 0.05) is 31.1 Å². The molecule has 7 heteroatoms. The number of aliphatic hydroxyl groups excluding tert-OH is 1. The molecule has 4 rings (SSSR count). The Morgan fingerprint density at radius 2 is 1.50 bits per heavy atom. The molecule has 0 aromatic heterocycles. The van der Waals surface area contributed by atoms with Crippen LogP contribution in [0.5, 0.6) is 5.75 Å². The summed E-state index contributed by atoms with van der Waals surface area (Å²) in [5.74, 6) is 0.564. The molecule has 0 radical (unpaired) electrons. The Hall–Kier alpha value is -3.74. The lowest BCUT2D eigenvalue weighted by Crippen LogP contribution is -2.31. The maximum absolute atomic E-state index is 13.6. The Morgan fingerprint density at radius 3 is 2.10 bits per heavy atom. The van der Waals surface area contributed by atoms with Crippen molar-refractivity contribution in [2.75, 3.05) is 19.7 Å². The zero-order chi connectivity index (χ0) is 28.5. The lowest BCUT2D eigenvalue weighted by Gasteiger charge is -2.29. The van der Waals surface area contributed by atoms with E-state index >= 15 is 0 Å². The summed E-state index contributed by atoms with van der Waals surface area (Å²) in [6, 6.07) is 31.2. The van der Waals surface area contributed by atoms with Crippen molar-refractivity contribution < 1.29 is 23.0 Å². The van der Waals surface area contributed by atoms with Crippen LogP contribution in [-0.4, -0.2) is 29.7 Å². The number of benzene rings is 4. The molecule has 4 aromatic rings. The molecule has 208 valence electrons. The third kappa shape index (κ3) is 7.90. The van der Waals surface area contributed by atoms with Crippen molar-refractivity contribution in [1.29, 1.82) is 0 Å². The van der Waals surface area contributed by atoms with Crippen LogP contribution < -0.4 is 4.74 Å². The van der Waals surface area contributed by atoms with Gasteiger partial charge in [-0.2, -0.15) is 13.2 Å². The molecule has 0 aliphatic heterocycles. The van der Waals surface area contributed by atoms with Gasteiger partial charge < -0.3 is 9.84 Å². The maximum atomic E-state index is 13.6. The average Bonchev–Trinajstić information content (AvgIpc) is 2.95. The molecule has 0 aliphatic rings. The normalized spacial score (nSPS) is 11.7. The van der Waals surface area contributed by atoms with Crippen molar-refractivity contribution in [2.24, 2.45) is 0 Å². The molecule has 0 aliphatic carbocycles. The third-order valence-electron chi connectivity index (χ3n) is 6.68. The summed E-state index contributed by atoms with van der Waals surface area (Å²) in [5, 5.41) is 9.39. The molecule has 0 atom stereocenters. The van der Waals surface area contributed by atoms with E-state index < -0.39 is 11.7 Å². The standard InChI is InChI=1S/C33H31ClF3NO2/c1-24(39)27-15-8-17-29(21-27)40-20-10-19-38(22-28-16-9-18-31(32(28)34)33(35,36)37)23-30(25-11-4-2-5-12-25)26-13-6-3-7-14-26/h2-9,11-18,21,30,39H,1,10,19-20,22-23H2. The van der Waals surface area contributed by atoms with E-state index in [0.717, 1.165) is 17.2 Å². The minimum absolute atomic E-state index is 0.000130. The minimum atomic E-state index is -4.53. The van der Waals surface area contributed by atoms with Crippen LogP contribution in [0.2, 0.25) is 5.02 Å². The monoisotopic (exact) mass is 565 g/mol. The van der Waals surface area contributed by atoms with Crippen molar-refractivity contribution in [1.82, 2.24) is 4.90 Å².